The van der Waals surface area contributed by atoms with Gasteiger partial charge in [0.2, 0.25) is 0 Å². The third kappa shape index (κ3) is 2.91. The first-order valence-electron chi connectivity index (χ1n) is 6.20. The van der Waals surface area contributed by atoms with Crippen molar-refractivity contribution in [2.75, 3.05) is 0 Å². The SMILES string of the molecule is CCC1CCC(C(=O)Cc2nccs2)CC1. The largest absolute Gasteiger partial charge is 0.299 e. The Kier molecular flexibility index (Phi) is 4.10. The van der Waals surface area contributed by atoms with Crippen molar-refractivity contribution in [3.63, 3.8) is 0 Å². The molecule has 0 amide bonds. The topological polar surface area (TPSA) is 30.0 Å². The van der Waals surface area contributed by atoms with Crippen molar-refractivity contribution >= 4 is 17.1 Å². The van der Waals surface area contributed by atoms with Crippen molar-refractivity contribution in [3.8, 4) is 0 Å². The van der Waals surface area contributed by atoms with Gasteiger partial charge in [0, 0.05) is 17.5 Å². The number of carbonyl (C=O) groups is 1. The van der Waals surface area contributed by atoms with E-state index in [9.17, 15) is 4.79 Å². The van der Waals surface area contributed by atoms with Gasteiger partial charge in [-0.2, -0.15) is 0 Å². The van der Waals surface area contributed by atoms with Gasteiger partial charge >= 0.3 is 0 Å². The molecule has 1 saturated carbocycles. The maximum absolute atomic E-state index is 12.0. The van der Waals surface area contributed by atoms with E-state index in [-0.39, 0.29) is 0 Å². The maximum atomic E-state index is 12.0. The highest BCUT2D eigenvalue weighted by atomic mass is 32.1. The minimum atomic E-state index is 0.312. The molecule has 1 aliphatic carbocycles. The molecule has 2 rings (SSSR count). The summed E-state index contributed by atoms with van der Waals surface area (Å²) in [6.45, 7) is 2.25. The first-order valence-corrected chi connectivity index (χ1v) is 7.08. The van der Waals surface area contributed by atoms with Crippen LogP contribution in [0.5, 0.6) is 0 Å². The summed E-state index contributed by atoms with van der Waals surface area (Å²) in [4.78, 5) is 16.2. The highest BCUT2D eigenvalue weighted by Gasteiger charge is 2.25. The van der Waals surface area contributed by atoms with E-state index in [2.05, 4.69) is 11.9 Å². The predicted octanol–water partition coefficient (Wildman–Crippen LogP) is 3.47. The third-order valence-corrected chi connectivity index (χ3v) is 4.47. The van der Waals surface area contributed by atoms with Crippen molar-refractivity contribution in [2.45, 2.75) is 45.4 Å². The number of carbonyl (C=O) groups excluding carboxylic acids is 1. The fourth-order valence-electron chi connectivity index (χ4n) is 2.53. The quantitative estimate of drug-likeness (QED) is 0.802. The van der Waals surface area contributed by atoms with Crippen molar-refractivity contribution in [2.24, 2.45) is 11.8 Å². The highest BCUT2D eigenvalue weighted by molar-refractivity contribution is 7.09. The standard InChI is InChI=1S/C13H19NOS/c1-2-10-3-5-11(6-4-10)12(15)9-13-14-7-8-16-13/h7-8,10-11H,2-6,9H2,1H3. The Morgan fingerprint density at radius 2 is 2.19 bits per heavy atom. The molecular weight excluding hydrogens is 218 g/mol. The first kappa shape index (κ1) is 11.8. The molecule has 0 bridgehead atoms. The molecule has 1 fully saturated rings. The van der Waals surface area contributed by atoms with Gasteiger partial charge in [-0.3, -0.25) is 4.79 Å². The van der Waals surface area contributed by atoms with Crippen LogP contribution in [-0.2, 0) is 11.2 Å². The van der Waals surface area contributed by atoms with Gasteiger partial charge in [-0.15, -0.1) is 11.3 Å². The summed E-state index contributed by atoms with van der Waals surface area (Å²) < 4.78 is 0. The Balaban J connectivity index is 1.82. The lowest BCUT2D eigenvalue weighted by atomic mass is 9.78. The van der Waals surface area contributed by atoms with Crippen LogP contribution in [0.25, 0.3) is 0 Å². The normalized spacial score (nSPS) is 25.6. The van der Waals surface area contributed by atoms with Gasteiger partial charge in [-0.05, 0) is 31.6 Å². The van der Waals surface area contributed by atoms with Crippen LogP contribution in [0.15, 0.2) is 11.6 Å². The second-order valence-corrected chi connectivity index (χ2v) is 5.67. The van der Waals surface area contributed by atoms with E-state index in [4.69, 9.17) is 0 Å². The third-order valence-electron chi connectivity index (χ3n) is 3.69. The second-order valence-electron chi connectivity index (χ2n) is 4.69. The van der Waals surface area contributed by atoms with Crippen LogP contribution in [0.1, 0.15) is 44.0 Å². The van der Waals surface area contributed by atoms with E-state index in [1.54, 1.807) is 17.5 Å². The molecule has 2 nitrogen and oxygen atoms in total. The van der Waals surface area contributed by atoms with Gasteiger partial charge < -0.3 is 0 Å². The molecule has 88 valence electrons. The lowest BCUT2D eigenvalue weighted by molar-refractivity contribution is -0.123. The molecule has 1 aromatic heterocycles. The Labute approximate surface area is 101 Å². The van der Waals surface area contributed by atoms with Crippen molar-refractivity contribution in [1.29, 1.82) is 0 Å². The number of aromatic nitrogens is 1. The predicted molar refractivity (Wildman–Crippen MR) is 66.6 cm³/mol. The first-order chi connectivity index (χ1) is 7.79. The van der Waals surface area contributed by atoms with Crippen molar-refractivity contribution in [3.05, 3.63) is 16.6 Å². The fraction of sp³-hybridized carbons (Fsp3) is 0.692. The zero-order valence-electron chi connectivity index (χ0n) is 9.82. The molecule has 3 heteroatoms. The van der Waals surface area contributed by atoms with E-state index in [0.717, 1.165) is 23.8 Å². The van der Waals surface area contributed by atoms with Crippen molar-refractivity contribution in [1.82, 2.24) is 4.98 Å². The van der Waals surface area contributed by atoms with Gasteiger partial charge in [0.15, 0.2) is 0 Å². The maximum Gasteiger partial charge on any atom is 0.142 e. The number of thiazole rings is 1. The van der Waals surface area contributed by atoms with E-state index >= 15 is 0 Å². The molecule has 0 N–H and O–H groups in total. The van der Waals surface area contributed by atoms with Gasteiger partial charge in [-0.25, -0.2) is 4.98 Å². The molecule has 1 aromatic rings. The van der Waals surface area contributed by atoms with Gasteiger partial charge in [0.05, 0.1) is 11.4 Å². The summed E-state index contributed by atoms with van der Waals surface area (Å²) in [7, 11) is 0. The molecule has 0 saturated heterocycles. The van der Waals surface area contributed by atoms with Gasteiger partial charge in [0.25, 0.3) is 0 Å². The number of rotatable bonds is 4. The summed E-state index contributed by atoms with van der Waals surface area (Å²) in [6.07, 6.45) is 8.29. The van der Waals surface area contributed by atoms with Crippen LogP contribution < -0.4 is 0 Å². The lowest BCUT2D eigenvalue weighted by Crippen LogP contribution is -2.23. The van der Waals surface area contributed by atoms with Gasteiger partial charge in [-0.1, -0.05) is 13.3 Å². The number of ketones is 1. The summed E-state index contributed by atoms with van der Waals surface area (Å²) in [6, 6.07) is 0. The monoisotopic (exact) mass is 237 g/mol. The smallest absolute Gasteiger partial charge is 0.142 e. The molecule has 0 atom stereocenters. The number of hydrogen-bond donors (Lipinski definition) is 0. The van der Waals surface area contributed by atoms with Crippen LogP contribution in [-0.4, -0.2) is 10.8 Å². The van der Waals surface area contributed by atoms with Crippen LogP contribution in [0.4, 0.5) is 0 Å². The second kappa shape index (κ2) is 5.58. The van der Waals surface area contributed by atoms with Gasteiger partial charge in [0.1, 0.15) is 5.78 Å². The molecule has 0 radical (unpaired) electrons. The number of nitrogens with zero attached hydrogens (tertiary/aromatic N) is 1. The average Bonchev–Trinajstić information content (AvgIpc) is 2.82. The minimum absolute atomic E-state index is 0.312. The van der Waals surface area contributed by atoms with Crippen LogP contribution >= 0.6 is 11.3 Å². The average molecular weight is 237 g/mol. The molecule has 0 aliphatic heterocycles. The summed E-state index contributed by atoms with van der Waals surface area (Å²) in [5.41, 5.74) is 0. The zero-order chi connectivity index (χ0) is 11.4. The van der Waals surface area contributed by atoms with Crippen LogP contribution in [0, 0.1) is 11.8 Å². The molecule has 0 spiro atoms. The Hall–Kier alpha value is -0.700. The number of hydrogen-bond acceptors (Lipinski definition) is 3. The van der Waals surface area contributed by atoms with E-state index < -0.39 is 0 Å². The van der Waals surface area contributed by atoms with E-state index in [1.807, 2.05) is 5.38 Å². The van der Waals surface area contributed by atoms with Crippen LogP contribution in [0.3, 0.4) is 0 Å². The van der Waals surface area contributed by atoms with E-state index in [0.29, 0.717) is 18.1 Å². The Morgan fingerprint density at radius 1 is 1.44 bits per heavy atom. The fourth-order valence-corrected chi connectivity index (χ4v) is 3.15. The molecule has 0 aromatic carbocycles. The van der Waals surface area contributed by atoms with E-state index in [1.165, 1.54) is 19.3 Å². The molecular formula is C13H19NOS. The molecule has 1 heterocycles. The highest BCUT2D eigenvalue weighted by Crippen LogP contribution is 2.31. The van der Waals surface area contributed by atoms with Crippen molar-refractivity contribution < 1.29 is 4.79 Å². The minimum Gasteiger partial charge on any atom is -0.299 e. The molecule has 16 heavy (non-hydrogen) atoms. The molecule has 1 aliphatic rings. The summed E-state index contributed by atoms with van der Waals surface area (Å²) >= 11 is 1.59. The number of Topliss-reactive ketones (excluding diaryl/α,β-unsaturated/α-hetero) is 1. The zero-order valence-corrected chi connectivity index (χ0v) is 10.6. The molecule has 0 unspecified atom stereocenters. The Morgan fingerprint density at radius 3 is 2.75 bits per heavy atom. The Bertz CT molecular complexity index is 326. The van der Waals surface area contributed by atoms with Crippen LogP contribution in [0.2, 0.25) is 0 Å². The lowest BCUT2D eigenvalue weighted by Gasteiger charge is -2.26. The summed E-state index contributed by atoms with van der Waals surface area (Å²) in [5.74, 6) is 1.58. The summed E-state index contributed by atoms with van der Waals surface area (Å²) in [5, 5.41) is 2.92.